The van der Waals surface area contributed by atoms with Gasteiger partial charge in [-0.25, -0.2) is 0 Å². The SMILES string of the molecule is Cc1ncc(Br)c2ccn(SCC(C)C)c12. The molecule has 0 saturated heterocycles. The normalized spacial score (nSPS) is 11.6. The zero-order valence-corrected chi connectivity index (χ0v) is 12.1. The van der Waals surface area contributed by atoms with Crippen molar-refractivity contribution in [3.8, 4) is 0 Å². The number of aryl methyl sites for hydroxylation is 1. The molecule has 0 N–H and O–H groups in total. The summed E-state index contributed by atoms with van der Waals surface area (Å²) in [5, 5.41) is 1.24. The smallest absolute Gasteiger partial charge is 0.0815 e. The second-order valence-corrected chi connectivity index (χ2v) is 6.12. The third-order valence-electron chi connectivity index (χ3n) is 2.37. The van der Waals surface area contributed by atoms with Crippen LogP contribution in [0.4, 0.5) is 0 Å². The molecule has 0 spiro atoms. The fourth-order valence-corrected chi connectivity index (χ4v) is 2.97. The molecule has 0 aromatic carbocycles. The average Bonchev–Trinajstić information content (AvgIpc) is 2.65. The van der Waals surface area contributed by atoms with Gasteiger partial charge in [0.2, 0.25) is 0 Å². The molecule has 0 saturated carbocycles. The lowest BCUT2D eigenvalue weighted by atomic mass is 10.3. The van der Waals surface area contributed by atoms with E-state index in [-0.39, 0.29) is 0 Å². The van der Waals surface area contributed by atoms with Crippen LogP contribution in [0.15, 0.2) is 22.9 Å². The van der Waals surface area contributed by atoms with E-state index in [1.165, 1.54) is 10.9 Å². The molecule has 86 valence electrons. The Morgan fingerprint density at radius 2 is 2.25 bits per heavy atom. The number of fused-ring (bicyclic) bond motifs is 1. The molecule has 2 nitrogen and oxygen atoms in total. The maximum Gasteiger partial charge on any atom is 0.0815 e. The van der Waals surface area contributed by atoms with Gasteiger partial charge in [-0.15, -0.1) is 0 Å². The van der Waals surface area contributed by atoms with Crippen LogP contribution in [-0.4, -0.2) is 14.7 Å². The minimum Gasteiger partial charge on any atom is -0.289 e. The zero-order valence-electron chi connectivity index (χ0n) is 9.70. The average molecular weight is 299 g/mol. The topological polar surface area (TPSA) is 17.8 Å². The minimum absolute atomic E-state index is 0.697. The summed E-state index contributed by atoms with van der Waals surface area (Å²) in [7, 11) is 0. The van der Waals surface area contributed by atoms with E-state index < -0.39 is 0 Å². The Morgan fingerprint density at radius 3 is 2.94 bits per heavy atom. The number of hydrogen-bond acceptors (Lipinski definition) is 2. The third-order valence-corrected chi connectivity index (χ3v) is 4.40. The Labute approximate surface area is 109 Å². The van der Waals surface area contributed by atoms with Crippen molar-refractivity contribution in [2.45, 2.75) is 20.8 Å². The molecule has 0 aliphatic rings. The Bertz CT molecular complexity index is 505. The lowest BCUT2D eigenvalue weighted by Crippen LogP contribution is -1.96. The van der Waals surface area contributed by atoms with Crippen molar-refractivity contribution >= 4 is 38.8 Å². The highest BCUT2D eigenvalue weighted by Crippen LogP contribution is 2.29. The van der Waals surface area contributed by atoms with Gasteiger partial charge >= 0.3 is 0 Å². The first-order chi connectivity index (χ1) is 7.59. The zero-order chi connectivity index (χ0) is 11.7. The predicted molar refractivity (Wildman–Crippen MR) is 74.9 cm³/mol. The molecule has 2 aromatic rings. The molecule has 2 heterocycles. The van der Waals surface area contributed by atoms with E-state index in [1.807, 2.05) is 18.1 Å². The van der Waals surface area contributed by atoms with Crippen molar-refractivity contribution in [2.75, 3.05) is 5.75 Å². The van der Waals surface area contributed by atoms with Gasteiger partial charge in [0.15, 0.2) is 0 Å². The van der Waals surface area contributed by atoms with Crippen LogP contribution in [-0.2, 0) is 0 Å². The summed E-state index contributed by atoms with van der Waals surface area (Å²) in [6.45, 7) is 6.53. The summed E-state index contributed by atoms with van der Waals surface area (Å²) >= 11 is 5.38. The number of rotatable bonds is 3. The first-order valence-electron chi connectivity index (χ1n) is 5.35. The number of hydrogen-bond donors (Lipinski definition) is 0. The minimum atomic E-state index is 0.697. The van der Waals surface area contributed by atoms with Gasteiger partial charge in [-0.05, 0) is 46.8 Å². The summed E-state index contributed by atoms with van der Waals surface area (Å²) < 4.78 is 3.29. The summed E-state index contributed by atoms with van der Waals surface area (Å²) in [6.07, 6.45) is 3.99. The van der Waals surface area contributed by atoms with Gasteiger partial charge in [0.1, 0.15) is 0 Å². The van der Waals surface area contributed by atoms with Gasteiger partial charge < -0.3 is 0 Å². The highest BCUT2D eigenvalue weighted by Gasteiger charge is 2.09. The van der Waals surface area contributed by atoms with Crippen LogP contribution < -0.4 is 0 Å². The third kappa shape index (κ3) is 2.28. The monoisotopic (exact) mass is 298 g/mol. The summed E-state index contributed by atoms with van der Waals surface area (Å²) in [5.74, 6) is 1.82. The van der Waals surface area contributed by atoms with Gasteiger partial charge in [-0.1, -0.05) is 13.8 Å². The van der Waals surface area contributed by atoms with Crippen LogP contribution in [0.1, 0.15) is 19.5 Å². The maximum atomic E-state index is 4.39. The fourth-order valence-electron chi connectivity index (χ4n) is 1.58. The summed E-state index contributed by atoms with van der Waals surface area (Å²) in [5.41, 5.74) is 2.31. The van der Waals surface area contributed by atoms with E-state index in [9.17, 15) is 0 Å². The van der Waals surface area contributed by atoms with Crippen molar-refractivity contribution in [3.05, 3.63) is 28.6 Å². The van der Waals surface area contributed by atoms with Crippen molar-refractivity contribution in [2.24, 2.45) is 5.92 Å². The van der Waals surface area contributed by atoms with Crippen molar-refractivity contribution < 1.29 is 0 Å². The predicted octanol–water partition coefficient (Wildman–Crippen LogP) is 4.26. The Kier molecular flexibility index (Phi) is 3.60. The van der Waals surface area contributed by atoms with E-state index in [1.54, 1.807) is 0 Å². The van der Waals surface area contributed by atoms with Gasteiger partial charge in [0.05, 0.1) is 11.2 Å². The number of pyridine rings is 1. The lowest BCUT2D eigenvalue weighted by molar-refractivity contribution is 0.749. The lowest BCUT2D eigenvalue weighted by Gasteiger charge is -2.08. The van der Waals surface area contributed by atoms with E-state index in [2.05, 4.69) is 57.9 Å². The Morgan fingerprint density at radius 1 is 1.50 bits per heavy atom. The molecule has 0 radical (unpaired) electrons. The van der Waals surface area contributed by atoms with Crippen LogP contribution in [0, 0.1) is 12.8 Å². The standard InChI is InChI=1S/C12H15BrN2S/c1-8(2)7-16-15-5-4-10-11(13)6-14-9(3)12(10)15/h4-6,8H,7H2,1-3H3. The Hall–Kier alpha value is -0.480. The molecule has 0 unspecified atom stereocenters. The molecular formula is C12H15BrN2S. The summed E-state index contributed by atoms with van der Waals surface area (Å²) in [4.78, 5) is 4.39. The summed E-state index contributed by atoms with van der Waals surface area (Å²) in [6, 6.07) is 2.14. The molecule has 0 atom stereocenters. The highest BCUT2D eigenvalue weighted by atomic mass is 79.9. The Balaban J connectivity index is 2.43. The molecule has 0 amide bonds. The molecule has 2 rings (SSSR count). The van der Waals surface area contributed by atoms with Crippen LogP contribution in [0.2, 0.25) is 0 Å². The first-order valence-corrected chi connectivity index (χ1v) is 7.08. The molecule has 0 fully saturated rings. The maximum absolute atomic E-state index is 4.39. The second-order valence-electron chi connectivity index (χ2n) is 4.28. The first kappa shape index (κ1) is 12.0. The van der Waals surface area contributed by atoms with Crippen molar-refractivity contribution in [3.63, 3.8) is 0 Å². The van der Waals surface area contributed by atoms with Crippen LogP contribution in [0.3, 0.4) is 0 Å². The number of aromatic nitrogens is 2. The quantitative estimate of drug-likeness (QED) is 0.842. The molecule has 0 aliphatic heterocycles. The molecule has 16 heavy (non-hydrogen) atoms. The largest absolute Gasteiger partial charge is 0.289 e. The van der Waals surface area contributed by atoms with E-state index in [0.29, 0.717) is 5.92 Å². The molecular weight excluding hydrogens is 284 g/mol. The molecule has 0 bridgehead atoms. The molecule has 0 aliphatic carbocycles. The number of halogens is 1. The van der Waals surface area contributed by atoms with Crippen molar-refractivity contribution in [1.82, 2.24) is 8.96 Å². The van der Waals surface area contributed by atoms with E-state index in [0.717, 1.165) is 15.9 Å². The van der Waals surface area contributed by atoms with Gasteiger partial charge in [0.25, 0.3) is 0 Å². The fraction of sp³-hybridized carbons (Fsp3) is 0.417. The molecule has 2 aromatic heterocycles. The van der Waals surface area contributed by atoms with E-state index in [4.69, 9.17) is 0 Å². The van der Waals surface area contributed by atoms with Gasteiger partial charge in [-0.3, -0.25) is 8.96 Å². The van der Waals surface area contributed by atoms with Gasteiger partial charge in [0, 0.05) is 28.0 Å². The number of nitrogens with zero attached hydrogens (tertiary/aromatic N) is 2. The second kappa shape index (κ2) is 4.80. The van der Waals surface area contributed by atoms with Crippen LogP contribution >= 0.6 is 27.9 Å². The van der Waals surface area contributed by atoms with Crippen LogP contribution in [0.25, 0.3) is 10.9 Å². The highest BCUT2D eigenvalue weighted by molar-refractivity contribution is 9.10. The van der Waals surface area contributed by atoms with Crippen LogP contribution in [0.5, 0.6) is 0 Å². The molecule has 4 heteroatoms. The van der Waals surface area contributed by atoms with E-state index >= 15 is 0 Å². The van der Waals surface area contributed by atoms with Gasteiger partial charge in [-0.2, -0.15) is 0 Å². The van der Waals surface area contributed by atoms with Crippen molar-refractivity contribution in [1.29, 1.82) is 0 Å².